The first-order chi connectivity index (χ1) is 4.22. The van der Waals surface area contributed by atoms with Crippen LogP contribution in [0, 0.1) is 5.92 Å². The lowest BCUT2D eigenvalue weighted by Gasteiger charge is -2.29. The molecule has 0 spiro atoms. The zero-order valence-corrected chi connectivity index (χ0v) is 6.77. The molecule has 3 N–H and O–H groups in total. The number of hydrogen-bond acceptors (Lipinski definition) is 3. The summed E-state index contributed by atoms with van der Waals surface area (Å²) < 4.78 is 0. The molecule has 1 saturated heterocycles. The average Bonchev–Trinajstić information content (AvgIpc) is 1.83. The van der Waals surface area contributed by atoms with Crippen LogP contribution in [0.2, 0.25) is 0 Å². The molecule has 0 bridgehead atoms. The molecule has 0 aliphatic carbocycles. The van der Waals surface area contributed by atoms with Gasteiger partial charge in [0.25, 0.3) is 0 Å². The largest absolute Gasteiger partial charge is 0.390 e. The van der Waals surface area contributed by atoms with Crippen molar-refractivity contribution in [2.75, 3.05) is 13.1 Å². The molecular weight excluding hydrogens is 154 g/mol. The SMILES string of the molecule is C[C@@H]1CNC[C@H](O)[C@@H]1O.Cl. The van der Waals surface area contributed by atoms with Crippen molar-refractivity contribution in [2.24, 2.45) is 5.92 Å². The zero-order valence-electron chi connectivity index (χ0n) is 5.95. The number of rotatable bonds is 0. The lowest BCUT2D eigenvalue weighted by molar-refractivity contribution is -0.0295. The Morgan fingerprint density at radius 3 is 2.30 bits per heavy atom. The number of halogens is 1. The quantitative estimate of drug-likeness (QED) is 0.451. The Bertz CT molecular complexity index is 91.7. The number of piperidine rings is 1. The Kier molecular flexibility index (Phi) is 4.20. The Hall–Kier alpha value is 0.170. The summed E-state index contributed by atoms with van der Waals surface area (Å²) in [6.45, 7) is 3.24. The topological polar surface area (TPSA) is 52.5 Å². The van der Waals surface area contributed by atoms with Crippen LogP contribution < -0.4 is 5.32 Å². The van der Waals surface area contributed by atoms with Crippen molar-refractivity contribution in [1.29, 1.82) is 0 Å². The average molecular weight is 168 g/mol. The van der Waals surface area contributed by atoms with Gasteiger partial charge in [-0.25, -0.2) is 0 Å². The van der Waals surface area contributed by atoms with Gasteiger partial charge in [0.05, 0.1) is 12.2 Å². The van der Waals surface area contributed by atoms with Crippen LogP contribution >= 0.6 is 12.4 Å². The van der Waals surface area contributed by atoms with Crippen molar-refractivity contribution in [3.8, 4) is 0 Å². The summed E-state index contributed by atoms with van der Waals surface area (Å²) in [7, 11) is 0. The van der Waals surface area contributed by atoms with E-state index in [4.69, 9.17) is 10.2 Å². The monoisotopic (exact) mass is 167 g/mol. The summed E-state index contributed by atoms with van der Waals surface area (Å²) in [6.07, 6.45) is -1.11. The molecule has 0 aromatic rings. The van der Waals surface area contributed by atoms with E-state index >= 15 is 0 Å². The lowest BCUT2D eigenvalue weighted by Crippen LogP contribution is -2.49. The maximum absolute atomic E-state index is 9.16. The van der Waals surface area contributed by atoms with Crippen LogP contribution in [0.5, 0.6) is 0 Å². The molecule has 1 aliphatic heterocycles. The van der Waals surface area contributed by atoms with Crippen molar-refractivity contribution in [3.05, 3.63) is 0 Å². The first-order valence-electron chi connectivity index (χ1n) is 3.28. The first kappa shape index (κ1) is 10.2. The van der Waals surface area contributed by atoms with Gasteiger partial charge in [0.1, 0.15) is 0 Å². The second kappa shape index (κ2) is 4.13. The molecule has 1 fully saturated rings. The molecule has 0 aromatic carbocycles. The van der Waals surface area contributed by atoms with Crippen molar-refractivity contribution in [1.82, 2.24) is 5.32 Å². The van der Waals surface area contributed by atoms with Gasteiger partial charge in [-0.2, -0.15) is 0 Å². The molecular formula is C6H14ClNO2. The van der Waals surface area contributed by atoms with Crippen molar-refractivity contribution in [2.45, 2.75) is 19.1 Å². The standard InChI is InChI=1S/C6H13NO2.ClH/c1-4-2-7-3-5(8)6(4)9;/h4-9H,2-3H2,1H3;1H/t4-,5+,6-;/m1./s1. The van der Waals surface area contributed by atoms with Crippen molar-refractivity contribution >= 4 is 12.4 Å². The van der Waals surface area contributed by atoms with E-state index < -0.39 is 12.2 Å². The van der Waals surface area contributed by atoms with Crippen molar-refractivity contribution in [3.63, 3.8) is 0 Å². The van der Waals surface area contributed by atoms with Crippen LogP contribution in [-0.2, 0) is 0 Å². The molecule has 0 saturated carbocycles. The molecule has 10 heavy (non-hydrogen) atoms. The summed E-state index contributed by atoms with van der Waals surface area (Å²) in [5.41, 5.74) is 0. The van der Waals surface area contributed by atoms with E-state index in [2.05, 4.69) is 5.32 Å². The fourth-order valence-corrected chi connectivity index (χ4v) is 1.08. The molecule has 3 nitrogen and oxygen atoms in total. The summed E-state index contributed by atoms with van der Waals surface area (Å²) in [6, 6.07) is 0. The van der Waals surface area contributed by atoms with Gasteiger partial charge < -0.3 is 15.5 Å². The second-order valence-corrected chi connectivity index (χ2v) is 2.69. The predicted molar refractivity (Wildman–Crippen MR) is 41.3 cm³/mol. The van der Waals surface area contributed by atoms with E-state index in [1.54, 1.807) is 0 Å². The van der Waals surface area contributed by atoms with E-state index in [0.717, 1.165) is 6.54 Å². The Labute approximate surface area is 66.8 Å². The zero-order chi connectivity index (χ0) is 6.85. The molecule has 1 aliphatic rings. The maximum atomic E-state index is 9.16. The molecule has 62 valence electrons. The molecule has 0 amide bonds. The van der Waals surface area contributed by atoms with Crippen LogP contribution in [0.4, 0.5) is 0 Å². The highest BCUT2D eigenvalue weighted by Crippen LogP contribution is 2.09. The van der Waals surface area contributed by atoms with E-state index in [1.807, 2.05) is 6.92 Å². The number of hydrogen-bond donors (Lipinski definition) is 3. The number of aliphatic hydroxyl groups excluding tert-OH is 2. The minimum absolute atomic E-state index is 0. The Morgan fingerprint density at radius 1 is 1.30 bits per heavy atom. The van der Waals surface area contributed by atoms with Gasteiger partial charge in [-0.3, -0.25) is 0 Å². The van der Waals surface area contributed by atoms with E-state index in [9.17, 15) is 0 Å². The maximum Gasteiger partial charge on any atom is 0.0926 e. The van der Waals surface area contributed by atoms with E-state index in [0.29, 0.717) is 6.54 Å². The third-order valence-electron chi connectivity index (χ3n) is 1.80. The molecule has 0 unspecified atom stereocenters. The molecule has 0 aromatic heterocycles. The number of β-amino-alcohol motifs (C(OH)–C–C–N with tert-alkyl or cyclic N) is 1. The number of aliphatic hydroxyl groups is 2. The Morgan fingerprint density at radius 2 is 1.90 bits per heavy atom. The summed E-state index contributed by atoms with van der Waals surface area (Å²) in [5, 5.41) is 21.2. The highest BCUT2D eigenvalue weighted by molar-refractivity contribution is 5.85. The first-order valence-corrected chi connectivity index (χ1v) is 3.28. The van der Waals surface area contributed by atoms with Gasteiger partial charge in [-0.1, -0.05) is 6.92 Å². The third-order valence-corrected chi connectivity index (χ3v) is 1.80. The van der Waals surface area contributed by atoms with Gasteiger partial charge >= 0.3 is 0 Å². The fourth-order valence-electron chi connectivity index (χ4n) is 1.08. The normalized spacial score (nSPS) is 40.5. The van der Waals surface area contributed by atoms with Crippen LogP contribution in [0.15, 0.2) is 0 Å². The van der Waals surface area contributed by atoms with Crippen LogP contribution in [-0.4, -0.2) is 35.5 Å². The summed E-state index contributed by atoms with van der Waals surface area (Å²) >= 11 is 0. The Balaban J connectivity index is 0.000000810. The lowest BCUT2D eigenvalue weighted by atomic mass is 9.96. The fraction of sp³-hybridized carbons (Fsp3) is 1.00. The van der Waals surface area contributed by atoms with Gasteiger partial charge in [0.15, 0.2) is 0 Å². The number of nitrogens with one attached hydrogen (secondary N) is 1. The van der Waals surface area contributed by atoms with Gasteiger partial charge in [0.2, 0.25) is 0 Å². The molecule has 4 heteroatoms. The van der Waals surface area contributed by atoms with Crippen molar-refractivity contribution < 1.29 is 10.2 Å². The predicted octanol–water partition coefficient (Wildman–Crippen LogP) is -0.631. The van der Waals surface area contributed by atoms with Crippen LogP contribution in [0.3, 0.4) is 0 Å². The summed E-state index contributed by atoms with van der Waals surface area (Å²) in [4.78, 5) is 0. The van der Waals surface area contributed by atoms with Gasteiger partial charge in [0, 0.05) is 13.1 Å². The molecule has 1 rings (SSSR count). The third kappa shape index (κ3) is 2.09. The van der Waals surface area contributed by atoms with E-state index in [-0.39, 0.29) is 18.3 Å². The summed E-state index contributed by atoms with van der Waals surface area (Å²) in [5.74, 6) is 0.175. The second-order valence-electron chi connectivity index (χ2n) is 2.69. The smallest absolute Gasteiger partial charge is 0.0926 e. The van der Waals surface area contributed by atoms with Gasteiger partial charge in [-0.15, -0.1) is 12.4 Å². The highest BCUT2D eigenvalue weighted by atomic mass is 35.5. The van der Waals surface area contributed by atoms with Crippen LogP contribution in [0.25, 0.3) is 0 Å². The molecule has 1 heterocycles. The van der Waals surface area contributed by atoms with E-state index in [1.165, 1.54) is 0 Å². The molecule has 0 radical (unpaired) electrons. The van der Waals surface area contributed by atoms with Gasteiger partial charge in [-0.05, 0) is 5.92 Å². The highest BCUT2D eigenvalue weighted by Gasteiger charge is 2.26. The van der Waals surface area contributed by atoms with Crippen LogP contribution in [0.1, 0.15) is 6.92 Å². The molecule has 3 atom stereocenters. The minimum atomic E-state index is -0.575. The minimum Gasteiger partial charge on any atom is -0.390 e.